The van der Waals surface area contributed by atoms with Crippen LogP contribution in [0.5, 0.6) is 0 Å². The van der Waals surface area contributed by atoms with Gasteiger partial charge in [-0.25, -0.2) is 4.98 Å². The zero-order valence-electron chi connectivity index (χ0n) is 10.4. The first-order valence-electron chi connectivity index (χ1n) is 6.29. The molecule has 0 radical (unpaired) electrons. The van der Waals surface area contributed by atoms with E-state index in [4.69, 9.17) is 0 Å². The van der Waals surface area contributed by atoms with Crippen LogP contribution in [0.3, 0.4) is 0 Å². The largest absolute Gasteiger partial charge is 0.335 e. The fraction of sp³-hybridized carbons (Fsp3) is 0.692. The lowest BCUT2D eigenvalue weighted by Crippen LogP contribution is -2.09. The van der Waals surface area contributed by atoms with E-state index in [1.54, 1.807) is 6.20 Å². The maximum atomic E-state index is 11.7. The first kappa shape index (κ1) is 12.9. The first-order chi connectivity index (χ1) is 7.77. The fourth-order valence-corrected chi connectivity index (χ4v) is 1.79. The van der Waals surface area contributed by atoms with E-state index in [0.29, 0.717) is 18.6 Å². The number of aromatic nitrogens is 2. The maximum Gasteiger partial charge on any atom is 0.140 e. The van der Waals surface area contributed by atoms with Crippen LogP contribution in [0.25, 0.3) is 0 Å². The number of unbranched alkanes of at least 4 members (excludes halogenated alkanes) is 2. The van der Waals surface area contributed by atoms with Gasteiger partial charge in [0.05, 0.1) is 6.42 Å². The molecule has 1 rings (SSSR count). The lowest BCUT2D eigenvalue weighted by atomic mass is 10.1. The highest BCUT2D eigenvalue weighted by Crippen LogP contribution is 2.05. The molecular formula is C13H22N2O. The van der Waals surface area contributed by atoms with E-state index >= 15 is 0 Å². The van der Waals surface area contributed by atoms with Crippen LogP contribution in [0.2, 0.25) is 0 Å². The molecule has 0 spiro atoms. The van der Waals surface area contributed by atoms with E-state index in [2.05, 4.69) is 23.4 Å². The summed E-state index contributed by atoms with van der Waals surface area (Å²) in [6.45, 7) is 5.24. The van der Waals surface area contributed by atoms with Crippen molar-refractivity contribution in [3.63, 3.8) is 0 Å². The molecular weight excluding hydrogens is 200 g/mol. The van der Waals surface area contributed by atoms with Gasteiger partial charge in [-0.3, -0.25) is 4.79 Å². The molecule has 90 valence electrons. The number of hydrogen-bond acceptors (Lipinski definition) is 2. The molecule has 0 fully saturated rings. The molecule has 0 atom stereocenters. The summed E-state index contributed by atoms with van der Waals surface area (Å²) in [6, 6.07) is 0. The highest BCUT2D eigenvalue weighted by Gasteiger charge is 2.08. The van der Waals surface area contributed by atoms with Gasteiger partial charge in [-0.1, -0.05) is 26.7 Å². The molecule has 3 heteroatoms. The Balaban J connectivity index is 2.39. The average molecular weight is 222 g/mol. The highest BCUT2D eigenvalue weighted by molar-refractivity contribution is 5.80. The van der Waals surface area contributed by atoms with Gasteiger partial charge in [-0.15, -0.1) is 0 Å². The predicted molar refractivity (Wildman–Crippen MR) is 65.4 cm³/mol. The van der Waals surface area contributed by atoms with E-state index in [1.165, 1.54) is 0 Å². The second-order valence-corrected chi connectivity index (χ2v) is 4.21. The van der Waals surface area contributed by atoms with E-state index in [-0.39, 0.29) is 0 Å². The van der Waals surface area contributed by atoms with Gasteiger partial charge in [-0.05, 0) is 12.8 Å². The Morgan fingerprint density at radius 2 is 2.12 bits per heavy atom. The number of nitrogens with zero attached hydrogens (tertiary/aromatic N) is 2. The maximum absolute atomic E-state index is 11.7. The minimum absolute atomic E-state index is 0.317. The summed E-state index contributed by atoms with van der Waals surface area (Å²) in [5.74, 6) is 1.24. The van der Waals surface area contributed by atoms with E-state index in [0.717, 1.165) is 38.1 Å². The van der Waals surface area contributed by atoms with Crippen LogP contribution in [-0.2, 0) is 17.8 Å². The van der Waals surface area contributed by atoms with Gasteiger partial charge in [0.2, 0.25) is 0 Å². The van der Waals surface area contributed by atoms with Crippen molar-refractivity contribution in [1.82, 2.24) is 9.55 Å². The second kappa shape index (κ2) is 7.20. The third-order valence-electron chi connectivity index (χ3n) is 2.68. The molecule has 0 saturated heterocycles. The number of imidazole rings is 1. The minimum Gasteiger partial charge on any atom is -0.335 e. The highest BCUT2D eigenvalue weighted by atomic mass is 16.1. The zero-order chi connectivity index (χ0) is 11.8. The monoisotopic (exact) mass is 222 g/mol. The minimum atomic E-state index is 0.317. The first-order valence-corrected chi connectivity index (χ1v) is 6.29. The molecule has 0 aliphatic rings. The van der Waals surface area contributed by atoms with Crippen molar-refractivity contribution in [3.8, 4) is 0 Å². The standard InChI is InChI=1S/C13H22N2O/c1-3-5-6-7-12(16)11-13-14-8-10-15(13)9-4-2/h8,10H,3-7,9,11H2,1-2H3. The molecule has 1 heterocycles. The molecule has 0 N–H and O–H groups in total. The molecule has 0 bridgehead atoms. The van der Waals surface area contributed by atoms with Crippen molar-refractivity contribution in [3.05, 3.63) is 18.2 Å². The van der Waals surface area contributed by atoms with Crippen LogP contribution >= 0.6 is 0 Å². The molecule has 1 aromatic rings. The van der Waals surface area contributed by atoms with Crippen LogP contribution in [0, 0.1) is 0 Å². The van der Waals surface area contributed by atoms with Gasteiger partial charge in [0.25, 0.3) is 0 Å². The zero-order valence-corrected chi connectivity index (χ0v) is 10.4. The molecule has 0 aliphatic heterocycles. The second-order valence-electron chi connectivity index (χ2n) is 4.21. The van der Waals surface area contributed by atoms with Crippen molar-refractivity contribution in [2.75, 3.05) is 0 Å². The molecule has 0 aliphatic carbocycles. The lowest BCUT2D eigenvalue weighted by molar-refractivity contribution is -0.118. The van der Waals surface area contributed by atoms with Gasteiger partial charge in [0.1, 0.15) is 11.6 Å². The molecule has 1 aromatic heterocycles. The van der Waals surface area contributed by atoms with Crippen molar-refractivity contribution in [1.29, 1.82) is 0 Å². The van der Waals surface area contributed by atoms with Crippen molar-refractivity contribution in [2.24, 2.45) is 0 Å². The quantitative estimate of drug-likeness (QED) is 0.634. The van der Waals surface area contributed by atoms with Crippen LogP contribution in [0.4, 0.5) is 0 Å². The van der Waals surface area contributed by atoms with Crippen molar-refractivity contribution >= 4 is 5.78 Å². The number of ketones is 1. The molecule has 0 aromatic carbocycles. The number of hydrogen-bond donors (Lipinski definition) is 0. The number of aryl methyl sites for hydroxylation is 1. The van der Waals surface area contributed by atoms with Gasteiger partial charge in [-0.2, -0.15) is 0 Å². The van der Waals surface area contributed by atoms with Crippen LogP contribution in [-0.4, -0.2) is 15.3 Å². The Hall–Kier alpha value is -1.12. The van der Waals surface area contributed by atoms with Crippen molar-refractivity contribution < 1.29 is 4.79 Å². The normalized spacial score (nSPS) is 10.6. The Labute approximate surface area is 97.9 Å². The van der Waals surface area contributed by atoms with Crippen LogP contribution in [0.1, 0.15) is 51.8 Å². The van der Waals surface area contributed by atoms with Crippen LogP contribution in [0.15, 0.2) is 12.4 Å². The topological polar surface area (TPSA) is 34.9 Å². The van der Waals surface area contributed by atoms with Gasteiger partial charge in [0, 0.05) is 25.4 Å². The van der Waals surface area contributed by atoms with E-state index in [1.807, 2.05) is 6.20 Å². The molecule has 0 amide bonds. The van der Waals surface area contributed by atoms with Crippen LogP contribution < -0.4 is 0 Å². The van der Waals surface area contributed by atoms with Gasteiger partial charge in [0.15, 0.2) is 0 Å². The van der Waals surface area contributed by atoms with Gasteiger partial charge < -0.3 is 4.57 Å². The third kappa shape index (κ3) is 4.17. The lowest BCUT2D eigenvalue weighted by Gasteiger charge is -2.05. The molecule has 0 unspecified atom stereocenters. The van der Waals surface area contributed by atoms with E-state index < -0.39 is 0 Å². The SMILES string of the molecule is CCCCCC(=O)Cc1nccn1CCC. The Kier molecular flexibility index (Phi) is 5.83. The summed E-state index contributed by atoms with van der Waals surface area (Å²) < 4.78 is 2.08. The van der Waals surface area contributed by atoms with Gasteiger partial charge >= 0.3 is 0 Å². The average Bonchev–Trinajstić information content (AvgIpc) is 2.67. The smallest absolute Gasteiger partial charge is 0.140 e. The fourth-order valence-electron chi connectivity index (χ4n) is 1.79. The number of carbonyl (C=O) groups excluding carboxylic acids is 1. The Morgan fingerprint density at radius 1 is 1.31 bits per heavy atom. The third-order valence-corrected chi connectivity index (χ3v) is 2.68. The predicted octanol–water partition coefficient (Wildman–Crippen LogP) is 2.99. The summed E-state index contributed by atoms with van der Waals surface area (Å²) in [4.78, 5) is 15.9. The number of carbonyl (C=O) groups is 1. The molecule has 3 nitrogen and oxygen atoms in total. The summed E-state index contributed by atoms with van der Waals surface area (Å²) in [7, 11) is 0. The molecule has 16 heavy (non-hydrogen) atoms. The Bertz CT molecular complexity index is 317. The summed E-state index contributed by atoms with van der Waals surface area (Å²) in [5.41, 5.74) is 0. The number of Topliss-reactive ketones (excluding diaryl/α,β-unsaturated/α-hetero) is 1. The number of rotatable bonds is 8. The summed E-state index contributed by atoms with van der Waals surface area (Å²) >= 11 is 0. The van der Waals surface area contributed by atoms with E-state index in [9.17, 15) is 4.79 Å². The summed E-state index contributed by atoms with van der Waals surface area (Å²) in [6.07, 6.45) is 9.34. The Morgan fingerprint density at radius 3 is 2.81 bits per heavy atom. The van der Waals surface area contributed by atoms with Crippen molar-refractivity contribution in [2.45, 2.75) is 58.9 Å². The molecule has 0 saturated carbocycles. The summed E-state index contributed by atoms with van der Waals surface area (Å²) in [5, 5.41) is 0.